The maximum atomic E-state index is 11.5. The fourth-order valence-corrected chi connectivity index (χ4v) is 1.17. The van der Waals surface area contributed by atoms with Crippen LogP contribution >= 0.6 is 0 Å². The number of nitrogens with zero attached hydrogens (tertiary/aromatic N) is 1. The molecular weight excluding hydrogens is 222 g/mol. The molecule has 17 heavy (non-hydrogen) atoms. The molecule has 0 bridgehead atoms. The largest absolute Gasteiger partial charge is 0.618 e. The van der Waals surface area contributed by atoms with E-state index in [2.05, 4.69) is 0 Å². The number of hydrogen-bond donors (Lipinski definition) is 0. The number of aromatic nitrogens is 1. The van der Waals surface area contributed by atoms with Crippen molar-refractivity contribution in [3.63, 3.8) is 0 Å². The van der Waals surface area contributed by atoms with Crippen molar-refractivity contribution in [2.24, 2.45) is 5.92 Å². The molecule has 0 amide bonds. The maximum absolute atomic E-state index is 11.5. The molecule has 1 aromatic heterocycles. The van der Waals surface area contributed by atoms with E-state index >= 15 is 0 Å². The Hall–Kier alpha value is -1.78. The minimum absolute atomic E-state index is 0.0382. The fraction of sp³-hybridized carbons (Fsp3) is 0.500. The lowest BCUT2D eigenvalue weighted by molar-refractivity contribution is -0.608. The molecule has 0 unspecified atom stereocenters. The van der Waals surface area contributed by atoms with Gasteiger partial charge in [0.05, 0.1) is 13.2 Å². The predicted octanol–water partition coefficient (Wildman–Crippen LogP) is 1.53. The van der Waals surface area contributed by atoms with Crippen molar-refractivity contribution in [1.29, 1.82) is 0 Å². The molecule has 0 aliphatic carbocycles. The third kappa shape index (κ3) is 3.94. The Bertz CT molecular complexity index is 390. The van der Waals surface area contributed by atoms with E-state index in [0.717, 1.165) is 0 Å². The van der Waals surface area contributed by atoms with Crippen LogP contribution in [0.25, 0.3) is 0 Å². The van der Waals surface area contributed by atoms with Crippen LogP contribution in [0.15, 0.2) is 18.3 Å². The second-order valence-electron chi connectivity index (χ2n) is 4.00. The molecule has 0 aliphatic rings. The summed E-state index contributed by atoms with van der Waals surface area (Å²) in [5, 5.41) is 11.5. The van der Waals surface area contributed by atoms with Crippen molar-refractivity contribution in [2.45, 2.75) is 20.8 Å². The zero-order valence-corrected chi connectivity index (χ0v) is 10.3. The van der Waals surface area contributed by atoms with E-state index in [1.54, 1.807) is 13.0 Å². The minimum Gasteiger partial charge on any atom is -0.618 e. The van der Waals surface area contributed by atoms with E-state index in [0.29, 0.717) is 23.0 Å². The smallest absolute Gasteiger partial charge is 0.405 e. The van der Waals surface area contributed by atoms with Gasteiger partial charge in [0.15, 0.2) is 5.75 Å². The zero-order chi connectivity index (χ0) is 12.8. The van der Waals surface area contributed by atoms with Gasteiger partial charge in [0.1, 0.15) is 0 Å². The molecule has 0 spiro atoms. The van der Waals surface area contributed by atoms with Gasteiger partial charge in [0.25, 0.3) is 0 Å². The highest BCUT2D eigenvalue weighted by molar-refractivity contribution is 5.85. The topological polar surface area (TPSA) is 62.5 Å². The van der Waals surface area contributed by atoms with Crippen molar-refractivity contribution in [1.82, 2.24) is 0 Å². The van der Waals surface area contributed by atoms with Crippen LogP contribution in [0.1, 0.15) is 31.3 Å². The van der Waals surface area contributed by atoms with Crippen LogP contribution in [0.5, 0.6) is 5.75 Å². The average molecular weight is 239 g/mol. The Labute approximate surface area is 101 Å². The molecular formula is C12H17NO4. The molecule has 1 heterocycles. The summed E-state index contributed by atoms with van der Waals surface area (Å²) in [6, 6.07) is 2.99. The number of hydrogen-bond acceptors (Lipinski definition) is 4. The summed E-state index contributed by atoms with van der Waals surface area (Å²) in [6.07, 6.45) is 1.23. The zero-order valence-electron chi connectivity index (χ0n) is 10.3. The monoisotopic (exact) mass is 239 g/mol. The van der Waals surface area contributed by atoms with Crippen LogP contribution in [0.4, 0.5) is 0 Å². The van der Waals surface area contributed by atoms with Gasteiger partial charge in [-0.1, -0.05) is 13.8 Å². The van der Waals surface area contributed by atoms with Gasteiger partial charge in [0, 0.05) is 6.07 Å². The quantitative estimate of drug-likeness (QED) is 0.444. The molecule has 1 aromatic rings. The Kier molecular flexibility index (Phi) is 4.75. The van der Waals surface area contributed by atoms with E-state index in [4.69, 9.17) is 9.47 Å². The van der Waals surface area contributed by atoms with Gasteiger partial charge in [-0.3, -0.25) is 0 Å². The third-order valence-electron chi connectivity index (χ3n) is 1.96. The molecule has 94 valence electrons. The summed E-state index contributed by atoms with van der Waals surface area (Å²) >= 11 is 0. The van der Waals surface area contributed by atoms with Crippen molar-refractivity contribution >= 4 is 5.97 Å². The normalized spacial score (nSPS) is 10.4. The second kappa shape index (κ2) is 6.08. The summed E-state index contributed by atoms with van der Waals surface area (Å²) in [5.74, 6) is 0.194. The highest BCUT2D eigenvalue weighted by atomic mass is 16.5. The highest BCUT2D eigenvalue weighted by Crippen LogP contribution is 2.09. The molecule has 1 rings (SSSR count). The van der Waals surface area contributed by atoms with Gasteiger partial charge in [0.2, 0.25) is 6.20 Å². The highest BCUT2D eigenvalue weighted by Gasteiger charge is 2.17. The number of pyridine rings is 1. The van der Waals surface area contributed by atoms with Gasteiger partial charge >= 0.3 is 11.7 Å². The first-order valence-corrected chi connectivity index (χ1v) is 5.57. The van der Waals surface area contributed by atoms with Crippen molar-refractivity contribution < 1.29 is 19.0 Å². The summed E-state index contributed by atoms with van der Waals surface area (Å²) in [7, 11) is 0. The van der Waals surface area contributed by atoms with E-state index in [1.807, 2.05) is 13.8 Å². The van der Waals surface area contributed by atoms with Gasteiger partial charge in [-0.05, 0) is 18.9 Å². The van der Waals surface area contributed by atoms with Crippen molar-refractivity contribution in [3.05, 3.63) is 29.2 Å². The summed E-state index contributed by atoms with van der Waals surface area (Å²) in [5.41, 5.74) is -0.0382. The van der Waals surface area contributed by atoms with E-state index < -0.39 is 5.97 Å². The van der Waals surface area contributed by atoms with Crippen molar-refractivity contribution in [2.75, 3.05) is 13.2 Å². The molecule has 0 saturated carbocycles. The Morgan fingerprint density at radius 3 is 2.71 bits per heavy atom. The first-order chi connectivity index (χ1) is 8.04. The Balaban J connectivity index is 2.75. The van der Waals surface area contributed by atoms with Crippen LogP contribution in [0.2, 0.25) is 0 Å². The molecule has 5 heteroatoms. The van der Waals surface area contributed by atoms with E-state index in [-0.39, 0.29) is 12.3 Å². The lowest BCUT2D eigenvalue weighted by atomic mass is 10.2. The van der Waals surface area contributed by atoms with Crippen LogP contribution in [-0.4, -0.2) is 19.2 Å². The second-order valence-corrected chi connectivity index (χ2v) is 4.00. The minimum atomic E-state index is -0.627. The number of carbonyl (C=O) groups is 1. The fourth-order valence-electron chi connectivity index (χ4n) is 1.17. The SMILES string of the molecule is CCOC(=O)c1ccc(OCC(C)C)c[n+]1[O-]. The van der Waals surface area contributed by atoms with Crippen molar-refractivity contribution in [3.8, 4) is 5.75 Å². The molecule has 0 aliphatic heterocycles. The van der Waals surface area contributed by atoms with Gasteiger partial charge < -0.3 is 14.7 Å². The summed E-state index contributed by atoms with van der Waals surface area (Å²) in [4.78, 5) is 11.4. The van der Waals surface area contributed by atoms with Crippen LogP contribution in [-0.2, 0) is 4.74 Å². The van der Waals surface area contributed by atoms with Gasteiger partial charge in [-0.25, -0.2) is 4.79 Å². The van der Waals surface area contributed by atoms with Gasteiger partial charge in [-0.15, -0.1) is 0 Å². The number of esters is 1. The van der Waals surface area contributed by atoms with Crippen LogP contribution in [0, 0.1) is 11.1 Å². The van der Waals surface area contributed by atoms with Crippen LogP contribution < -0.4 is 9.47 Å². The molecule has 0 radical (unpaired) electrons. The first-order valence-electron chi connectivity index (χ1n) is 5.57. The maximum Gasteiger partial charge on any atom is 0.405 e. The lowest BCUT2D eigenvalue weighted by Gasteiger charge is -2.09. The van der Waals surface area contributed by atoms with Gasteiger partial charge in [-0.2, -0.15) is 4.73 Å². The average Bonchev–Trinajstić information content (AvgIpc) is 2.26. The molecule has 0 fully saturated rings. The molecule has 0 atom stereocenters. The first kappa shape index (κ1) is 13.3. The third-order valence-corrected chi connectivity index (χ3v) is 1.96. The Morgan fingerprint density at radius 1 is 1.47 bits per heavy atom. The van der Waals surface area contributed by atoms with E-state index in [9.17, 15) is 10.0 Å². The number of ether oxygens (including phenoxy) is 2. The standard InChI is InChI=1S/C12H17NO4/c1-4-16-12(14)11-6-5-10(7-13(11)15)17-8-9(2)3/h5-7,9H,4,8H2,1-3H3. The molecule has 0 aromatic carbocycles. The predicted molar refractivity (Wildman–Crippen MR) is 61.7 cm³/mol. The lowest BCUT2D eigenvalue weighted by Crippen LogP contribution is -2.35. The Morgan fingerprint density at radius 2 is 2.18 bits per heavy atom. The van der Waals surface area contributed by atoms with E-state index in [1.165, 1.54) is 12.3 Å². The number of rotatable bonds is 5. The van der Waals surface area contributed by atoms with Crippen LogP contribution in [0.3, 0.4) is 0 Å². The summed E-state index contributed by atoms with van der Waals surface area (Å²) in [6.45, 7) is 6.48. The molecule has 5 nitrogen and oxygen atoms in total. The number of carbonyl (C=O) groups excluding carboxylic acids is 1. The summed E-state index contributed by atoms with van der Waals surface area (Å²) < 4.78 is 10.6. The molecule has 0 N–H and O–H groups in total. The molecule has 0 saturated heterocycles.